The van der Waals surface area contributed by atoms with Crippen molar-refractivity contribution in [3.63, 3.8) is 0 Å². The summed E-state index contributed by atoms with van der Waals surface area (Å²) in [6, 6.07) is 8.99. The summed E-state index contributed by atoms with van der Waals surface area (Å²) in [6.07, 6.45) is 8.69. The zero-order valence-electron chi connectivity index (χ0n) is 12.2. The third kappa shape index (κ3) is 2.69. The highest BCUT2D eigenvalue weighted by Gasteiger charge is 2.31. The van der Waals surface area contributed by atoms with Gasteiger partial charge in [-0.15, -0.1) is 10.2 Å². The summed E-state index contributed by atoms with van der Waals surface area (Å²) in [7, 11) is 0. The summed E-state index contributed by atoms with van der Waals surface area (Å²) < 4.78 is 1.93. The van der Waals surface area contributed by atoms with E-state index in [1.165, 1.54) is 31.4 Å². The van der Waals surface area contributed by atoms with Gasteiger partial charge in [0.2, 0.25) is 0 Å². The standard InChI is InChI=1S/C16H22N4/c1-16(2)9-4-3-8-15(16)19-13-6-5-7-14(10-13)20-11-17-18-12-20/h5-7,10-12,15,19H,3-4,8-9H2,1-2H3. The van der Waals surface area contributed by atoms with E-state index in [4.69, 9.17) is 0 Å². The Morgan fingerprint density at radius 3 is 2.75 bits per heavy atom. The highest BCUT2D eigenvalue weighted by molar-refractivity contribution is 5.51. The predicted molar refractivity (Wildman–Crippen MR) is 81.0 cm³/mol. The van der Waals surface area contributed by atoms with Gasteiger partial charge >= 0.3 is 0 Å². The maximum absolute atomic E-state index is 3.86. The maximum Gasteiger partial charge on any atom is 0.123 e. The monoisotopic (exact) mass is 270 g/mol. The van der Waals surface area contributed by atoms with Gasteiger partial charge in [0, 0.05) is 11.7 Å². The number of anilines is 1. The Kier molecular flexibility index (Phi) is 3.47. The molecule has 106 valence electrons. The molecule has 1 aliphatic rings. The van der Waals surface area contributed by atoms with Gasteiger partial charge in [0.25, 0.3) is 0 Å². The SMILES string of the molecule is CC1(C)CCCCC1Nc1cccc(-n2cnnc2)c1. The molecule has 20 heavy (non-hydrogen) atoms. The lowest BCUT2D eigenvalue weighted by molar-refractivity contribution is 0.217. The number of nitrogens with zero attached hydrogens (tertiary/aromatic N) is 3. The average Bonchev–Trinajstić information content (AvgIpc) is 2.96. The van der Waals surface area contributed by atoms with Crippen LogP contribution in [0.15, 0.2) is 36.9 Å². The minimum Gasteiger partial charge on any atom is -0.382 e. The fourth-order valence-corrected chi connectivity index (χ4v) is 3.05. The van der Waals surface area contributed by atoms with Crippen LogP contribution in [0.4, 0.5) is 5.69 Å². The summed E-state index contributed by atoms with van der Waals surface area (Å²) in [5.41, 5.74) is 2.63. The third-order valence-corrected chi connectivity index (χ3v) is 4.41. The Hall–Kier alpha value is -1.84. The van der Waals surface area contributed by atoms with E-state index in [9.17, 15) is 0 Å². The summed E-state index contributed by atoms with van der Waals surface area (Å²) in [6.45, 7) is 4.74. The molecule has 0 amide bonds. The van der Waals surface area contributed by atoms with Gasteiger partial charge in [-0.1, -0.05) is 32.8 Å². The van der Waals surface area contributed by atoms with Gasteiger partial charge in [-0.3, -0.25) is 4.57 Å². The zero-order valence-corrected chi connectivity index (χ0v) is 12.2. The molecule has 1 unspecified atom stereocenters. The minimum atomic E-state index is 0.366. The molecule has 1 aromatic heterocycles. The lowest BCUT2D eigenvalue weighted by atomic mass is 9.73. The van der Waals surface area contributed by atoms with Gasteiger partial charge in [-0.2, -0.15) is 0 Å². The van der Waals surface area contributed by atoms with Crippen LogP contribution in [0.5, 0.6) is 0 Å². The van der Waals surface area contributed by atoms with E-state index in [1.54, 1.807) is 12.7 Å². The molecule has 0 spiro atoms. The van der Waals surface area contributed by atoms with E-state index in [0.717, 1.165) is 5.69 Å². The second-order valence-corrected chi connectivity index (χ2v) is 6.35. The van der Waals surface area contributed by atoms with Crippen LogP contribution in [0.1, 0.15) is 39.5 Å². The van der Waals surface area contributed by atoms with Gasteiger partial charge in [-0.25, -0.2) is 0 Å². The molecule has 1 atom stereocenters. The maximum atomic E-state index is 3.86. The highest BCUT2D eigenvalue weighted by Crippen LogP contribution is 2.37. The smallest absolute Gasteiger partial charge is 0.123 e. The Labute approximate surface area is 120 Å². The van der Waals surface area contributed by atoms with Crippen molar-refractivity contribution >= 4 is 5.69 Å². The van der Waals surface area contributed by atoms with E-state index in [-0.39, 0.29) is 0 Å². The molecule has 1 fully saturated rings. The second-order valence-electron chi connectivity index (χ2n) is 6.35. The van der Waals surface area contributed by atoms with Crippen LogP contribution in [0.2, 0.25) is 0 Å². The van der Waals surface area contributed by atoms with Crippen molar-refractivity contribution in [3.05, 3.63) is 36.9 Å². The van der Waals surface area contributed by atoms with E-state index in [1.807, 2.05) is 4.57 Å². The fourth-order valence-electron chi connectivity index (χ4n) is 3.05. The summed E-state index contributed by atoms with van der Waals surface area (Å²) in [4.78, 5) is 0. The Morgan fingerprint density at radius 2 is 2.00 bits per heavy atom. The molecule has 0 bridgehead atoms. The van der Waals surface area contributed by atoms with Crippen molar-refractivity contribution in [2.75, 3.05) is 5.32 Å². The molecule has 0 radical (unpaired) electrons. The zero-order chi connectivity index (χ0) is 14.0. The molecule has 0 aliphatic heterocycles. The summed E-state index contributed by atoms with van der Waals surface area (Å²) >= 11 is 0. The molecule has 1 aromatic carbocycles. The molecule has 1 heterocycles. The van der Waals surface area contributed by atoms with Crippen LogP contribution >= 0.6 is 0 Å². The quantitative estimate of drug-likeness (QED) is 0.925. The van der Waals surface area contributed by atoms with Crippen LogP contribution in [-0.2, 0) is 0 Å². The van der Waals surface area contributed by atoms with Crippen molar-refractivity contribution < 1.29 is 0 Å². The molecule has 4 nitrogen and oxygen atoms in total. The summed E-state index contributed by atoms with van der Waals surface area (Å²) in [5, 5.41) is 11.4. The minimum absolute atomic E-state index is 0.366. The van der Waals surface area contributed by atoms with E-state index in [0.29, 0.717) is 11.5 Å². The Bertz CT molecular complexity index is 560. The molecule has 3 rings (SSSR count). The van der Waals surface area contributed by atoms with Gasteiger partial charge in [0.15, 0.2) is 0 Å². The van der Waals surface area contributed by atoms with E-state index < -0.39 is 0 Å². The first-order valence-electron chi connectivity index (χ1n) is 7.37. The first-order valence-corrected chi connectivity index (χ1v) is 7.37. The molecular formula is C16H22N4. The van der Waals surface area contributed by atoms with Crippen LogP contribution in [0, 0.1) is 5.41 Å². The average molecular weight is 270 g/mol. The van der Waals surface area contributed by atoms with Gasteiger partial charge in [-0.05, 0) is 36.5 Å². The Morgan fingerprint density at radius 1 is 1.20 bits per heavy atom. The molecule has 1 aliphatic carbocycles. The van der Waals surface area contributed by atoms with Crippen LogP contribution in [-0.4, -0.2) is 20.8 Å². The Balaban J connectivity index is 1.79. The molecule has 1 N–H and O–H groups in total. The normalized spacial score (nSPS) is 21.6. The number of hydrogen-bond acceptors (Lipinski definition) is 3. The van der Waals surface area contributed by atoms with Crippen molar-refractivity contribution in [1.82, 2.24) is 14.8 Å². The van der Waals surface area contributed by atoms with E-state index in [2.05, 4.69) is 53.6 Å². The first-order chi connectivity index (χ1) is 9.65. The number of benzene rings is 1. The lowest BCUT2D eigenvalue weighted by Crippen LogP contribution is -2.38. The van der Waals surface area contributed by atoms with Crippen LogP contribution in [0.25, 0.3) is 5.69 Å². The molecule has 0 saturated heterocycles. The second kappa shape index (κ2) is 5.27. The van der Waals surface area contributed by atoms with Crippen molar-refractivity contribution in [3.8, 4) is 5.69 Å². The molecular weight excluding hydrogens is 248 g/mol. The van der Waals surface area contributed by atoms with Crippen molar-refractivity contribution in [1.29, 1.82) is 0 Å². The van der Waals surface area contributed by atoms with Crippen molar-refractivity contribution in [2.24, 2.45) is 5.41 Å². The largest absolute Gasteiger partial charge is 0.382 e. The van der Waals surface area contributed by atoms with Gasteiger partial charge < -0.3 is 5.32 Å². The number of rotatable bonds is 3. The molecule has 4 heteroatoms. The van der Waals surface area contributed by atoms with Gasteiger partial charge in [0.1, 0.15) is 12.7 Å². The molecule has 2 aromatic rings. The van der Waals surface area contributed by atoms with Crippen molar-refractivity contribution in [2.45, 2.75) is 45.6 Å². The van der Waals surface area contributed by atoms with E-state index >= 15 is 0 Å². The molecule has 1 saturated carbocycles. The number of hydrogen-bond donors (Lipinski definition) is 1. The van der Waals surface area contributed by atoms with Crippen LogP contribution < -0.4 is 5.32 Å². The third-order valence-electron chi connectivity index (χ3n) is 4.41. The topological polar surface area (TPSA) is 42.7 Å². The van der Waals surface area contributed by atoms with Gasteiger partial charge in [0.05, 0.1) is 5.69 Å². The number of aromatic nitrogens is 3. The fraction of sp³-hybridized carbons (Fsp3) is 0.500. The highest BCUT2D eigenvalue weighted by atomic mass is 15.2. The summed E-state index contributed by atoms with van der Waals surface area (Å²) in [5.74, 6) is 0. The van der Waals surface area contributed by atoms with Crippen LogP contribution in [0.3, 0.4) is 0 Å². The predicted octanol–water partition coefficient (Wildman–Crippen LogP) is 3.65. The number of nitrogens with one attached hydrogen (secondary N) is 1. The lowest BCUT2D eigenvalue weighted by Gasteiger charge is -2.39. The first kappa shape index (κ1) is 13.2.